The number of halogens is 5. The van der Waals surface area contributed by atoms with E-state index in [9.17, 15) is 22.4 Å². The van der Waals surface area contributed by atoms with Gasteiger partial charge in [0.15, 0.2) is 5.82 Å². The van der Waals surface area contributed by atoms with Crippen LogP contribution in [-0.4, -0.2) is 15.6 Å². The quantitative estimate of drug-likeness (QED) is 0.460. The molecule has 100 valence electrons. The van der Waals surface area contributed by atoms with Gasteiger partial charge in [0, 0.05) is 7.05 Å². The molecule has 0 saturated carbocycles. The van der Waals surface area contributed by atoms with Crippen LogP contribution in [-0.2, 0) is 18.0 Å². The highest BCUT2D eigenvalue weighted by molar-refractivity contribution is 6.35. The largest absolute Gasteiger partial charge is 0.449 e. The van der Waals surface area contributed by atoms with Gasteiger partial charge in [-0.25, -0.2) is 14.2 Å². The second-order valence-corrected chi connectivity index (χ2v) is 3.99. The molecule has 0 N–H and O–H groups in total. The van der Waals surface area contributed by atoms with Gasteiger partial charge in [-0.1, -0.05) is 11.6 Å². The van der Waals surface area contributed by atoms with Crippen LogP contribution in [0.25, 0.3) is 11.0 Å². The highest BCUT2D eigenvalue weighted by Gasteiger charge is 2.37. The van der Waals surface area contributed by atoms with Gasteiger partial charge in [0.2, 0.25) is 11.9 Å². The molecule has 19 heavy (non-hydrogen) atoms. The first kappa shape index (κ1) is 13.5. The summed E-state index contributed by atoms with van der Waals surface area (Å²) in [6.45, 7) is 0. The Labute approximate surface area is 108 Å². The van der Waals surface area contributed by atoms with Crippen LogP contribution in [0.5, 0.6) is 0 Å². The van der Waals surface area contributed by atoms with Gasteiger partial charge in [-0.2, -0.15) is 18.2 Å². The standard InChI is InChI=1S/C10H4ClF4N3O/c1-18-8-4(11)2-5(12)6(16-3-19)7(8)17-9(18)10(13,14)15/h2H,1H3. The summed E-state index contributed by atoms with van der Waals surface area (Å²) in [5.41, 5.74) is -1.23. The van der Waals surface area contributed by atoms with Crippen LogP contribution >= 0.6 is 11.6 Å². The fraction of sp³-hybridized carbons (Fsp3) is 0.200. The van der Waals surface area contributed by atoms with Crippen molar-refractivity contribution in [1.29, 1.82) is 0 Å². The summed E-state index contributed by atoms with van der Waals surface area (Å²) in [5.74, 6) is -2.31. The fourth-order valence-electron chi connectivity index (χ4n) is 1.70. The SMILES string of the molecule is Cn1c(C(F)(F)F)nc2c(N=C=O)c(F)cc(Cl)c21. The second kappa shape index (κ2) is 4.32. The molecule has 0 saturated heterocycles. The van der Waals surface area contributed by atoms with Gasteiger partial charge in [-0.05, 0) is 6.07 Å². The first-order valence-corrected chi connectivity index (χ1v) is 5.14. The lowest BCUT2D eigenvalue weighted by Crippen LogP contribution is -2.12. The molecule has 2 aromatic rings. The number of aliphatic imine (C=N–C) groups is 1. The van der Waals surface area contributed by atoms with Gasteiger partial charge < -0.3 is 4.57 Å². The minimum atomic E-state index is -4.74. The average molecular weight is 294 g/mol. The van der Waals surface area contributed by atoms with E-state index in [-0.39, 0.29) is 10.5 Å². The lowest BCUT2D eigenvalue weighted by molar-refractivity contribution is -0.146. The van der Waals surface area contributed by atoms with Crippen molar-refractivity contribution >= 4 is 34.4 Å². The van der Waals surface area contributed by atoms with Crippen molar-refractivity contribution in [3.63, 3.8) is 0 Å². The van der Waals surface area contributed by atoms with Crippen LogP contribution in [0, 0.1) is 5.82 Å². The van der Waals surface area contributed by atoms with Gasteiger partial charge in [0.05, 0.1) is 10.5 Å². The molecule has 0 fully saturated rings. The van der Waals surface area contributed by atoms with E-state index in [1.807, 2.05) is 0 Å². The Hall–Kier alpha value is -1.92. The molecule has 2 rings (SSSR count). The number of rotatable bonds is 1. The number of fused-ring (bicyclic) bond motifs is 1. The molecule has 0 spiro atoms. The summed E-state index contributed by atoms with van der Waals surface area (Å²) in [7, 11) is 1.08. The van der Waals surface area contributed by atoms with Crippen molar-refractivity contribution in [3.8, 4) is 0 Å². The zero-order valence-electron chi connectivity index (χ0n) is 9.22. The monoisotopic (exact) mass is 293 g/mol. The van der Waals surface area contributed by atoms with Crippen LogP contribution < -0.4 is 0 Å². The molecule has 1 heterocycles. The van der Waals surface area contributed by atoms with E-state index in [0.717, 1.165) is 19.2 Å². The Kier molecular flexibility index (Phi) is 3.07. The molecule has 0 bridgehead atoms. The summed E-state index contributed by atoms with van der Waals surface area (Å²) < 4.78 is 52.3. The number of hydrogen-bond acceptors (Lipinski definition) is 3. The number of nitrogens with zero attached hydrogens (tertiary/aromatic N) is 3. The van der Waals surface area contributed by atoms with Crippen molar-refractivity contribution in [1.82, 2.24) is 9.55 Å². The molecule has 0 unspecified atom stereocenters. The van der Waals surface area contributed by atoms with Crippen LogP contribution in [0.2, 0.25) is 5.02 Å². The number of carbonyl (C=O) groups excluding carboxylic acids is 1. The van der Waals surface area contributed by atoms with E-state index < -0.39 is 29.0 Å². The maximum atomic E-state index is 13.5. The highest BCUT2D eigenvalue weighted by Crippen LogP contribution is 2.38. The molecular weight excluding hydrogens is 290 g/mol. The molecule has 0 radical (unpaired) electrons. The number of aryl methyl sites for hydroxylation is 1. The number of alkyl halides is 3. The molecule has 9 heteroatoms. The van der Waals surface area contributed by atoms with Crippen LogP contribution in [0.1, 0.15) is 5.82 Å². The molecule has 1 aromatic heterocycles. The van der Waals surface area contributed by atoms with E-state index >= 15 is 0 Å². The van der Waals surface area contributed by atoms with Gasteiger partial charge in [0.1, 0.15) is 11.2 Å². The predicted octanol–water partition coefficient (Wildman–Crippen LogP) is 3.35. The van der Waals surface area contributed by atoms with Crippen molar-refractivity contribution in [2.45, 2.75) is 6.18 Å². The third-order valence-electron chi connectivity index (χ3n) is 2.44. The molecular formula is C10H4ClF4N3O. The van der Waals surface area contributed by atoms with E-state index in [4.69, 9.17) is 11.6 Å². The third-order valence-corrected chi connectivity index (χ3v) is 2.72. The van der Waals surface area contributed by atoms with E-state index in [0.29, 0.717) is 4.57 Å². The molecule has 0 atom stereocenters. The molecule has 0 aliphatic heterocycles. The lowest BCUT2D eigenvalue weighted by atomic mass is 10.2. The number of isocyanates is 1. The van der Waals surface area contributed by atoms with Gasteiger partial charge >= 0.3 is 6.18 Å². The predicted molar refractivity (Wildman–Crippen MR) is 58.5 cm³/mol. The minimum Gasteiger partial charge on any atom is -0.322 e. The zero-order valence-corrected chi connectivity index (χ0v) is 9.97. The normalized spacial score (nSPS) is 11.7. The Balaban J connectivity index is 2.97. The first-order valence-electron chi connectivity index (χ1n) is 4.77. The van der Waals surface area contributed by atoms with E-state index in [1.165, 1.54) is 0 Å². The summed E-state index contributed by atoms with van der Waals surface area (Å²) >= 11 is 5.69. The van der Waals surface area contributed by atoms with Crippen molar-refractivity contribution in [2.24, 2.45) is 12.0 Å². The summed E-state index contributed by atoms with van der Waals surface area (Å²) in [4.78, 5) is 16.5. The Morgan fingerprint density at radius 3 is 2.63 bits per heavy atom. The zero-order chi connectivity index (χ0) is 14.4. The first-order chi connectivity index (χ1) is 8.77. The average Bonchev–Trinajstić information content (AvgIpc) is 2.62. The Bertz CT molecular complexity index is 716. The maximum absolute atomic E-state index is 13.5. The van der Waals surface area contributed by atoms with E-state index in [2.05, 4.69) is 9.98 Å². The number of aromatic nitrogens is 2. The summed E-state index contributed by atoms with van der Waals surface area (Å²) in [6, 6.07) is 0.766. The highest BCUT2D eigenvalue weighted by atomic mass is 35.5. The number of imidazole rings is 1. The Morgan fingerprint density at radius 2 is 2.11 bits per heavy atom. The van der Waals surface area contributed by atoms with E-state index in [1.54, 1.807) is 0 Å². The maximum Gasteiger partial charge on any atom is 0.449 e. The lowest BCUT2D eigenvalue weighted by Gasteiger charge is -2.06. The van der Waals surface area contributed by atoms with Gasteiger partial charge in [-0.15, -0.1) is 0 Å². The van der Waals surface area contributed by atoms with Crippen LogP contribution in [0.15, 0.2) is 11.1 Å². The molecule has 0 amide bonds. The molecule has 0 aliphatic rings. The van der Waals surface area contributed by atoms with Gasteiger partial charge in [-0.3, -0.25) is 0 Å². The number of benzene rings is 1. The van der Waals surface area contributed by atoms with Crippen molar-refractivity contribution < 1.29 is 22.4 Å². The fourth-order valence-corrected chi connectivity index (χ4v) is 2.02. The van der Waals surface area contributed by atoms with Gasteiger partial charge in [0.25, 0.3) is 0 Å². The number of hydrogen-bond donors (Lipinski definition) is 0. The molecule has 0 aliphatic carbocycles. The molecule has 1 aromatic carbocycles. The third kappa shape index (κ3) is 2.09. The Morgan fingerprint density at radius 1 is 1.47 bits per heavy atom. The second-order valence-electron chi connectivity index (χ2n) is 3.58. The smallest absolute Gasteiger partial charge is 0.322 e. The summed E-state index contributed by atoms with van der Waals surface area (Å²) in [5, 5.41) is -0.261. The molecule has 4 nitrogen and oxygen atoms in total. The minimum absolute atomic E-state index is 0.163. The topological polar surface area (TPSA) is 47.2 Å². The van der Waals surface area contributed by atoms with Crippen molar-refractivity contribution in [2.75, 3.05) is 0 Å². The van der Waals surface area contributed by atoms with Crippen LogP contribution in [0.3, 0.4) is 0 Å². The summed E-state index contributed by atoms with van der Waals surface area (Å²) in [6.07, 6.45) is -3.68. The van der Waals surface area contributed by atoms with Crippen molar-refractivity contribution in [3.05, 3.63) is 22.7 Å². The van der Waals surface area contributed by atoms with Crippen LogP contribution in [0.4, 0.5) is 23.2 Å².